The molecule has 154 valence electrons. The Morgan fingerprint density at radius 3 is 2.36 bits per heavy atom. The van der Waals surface area contributed by atoms with Crippen LogP contribution in [0.25, 0.3) is 0 Å². The summed E-state index contributed by atoms with van der Waals surface area (Å²) in [5.74, 6) is -2.00. The van der Waals surface area contributed by atoms with Crippen molar-refractivity contribution in [1.29, 1.82) is 0 Å². The van der Waals surface area contributed by atoms with E-state index in [2.05, 4.69) is 10.6 Å². The summed E-state index contributed by atoms with van der Waals surface area (Å²) in [6, 6.07) is 5.55. The minimum Gasteiger partial charge on any atom is -0.454 e. The van der Waals surface area contributed by atoms with E-state index in [9.17, 15) is 22.8 Å². The molecule has 2 atom stereocenters. The van der Waals surface area contributed by atoms with Crippen molar-refractivity contribution in [2.45, 2.75) is 39.3 Å². The summed E-state index contributed by atoms with van der Waals surface area (Å²) in [7, 11) is -3.11. The summed E-state index contributed by atoms with van der Waals surface area (Å²) in [6.45, 7) is 4.89. The molecule has 0 saturated carbocycles. The van der Waals surface area contributed by atoms with Crippen molar-refractivity contribution < 1.29 is 27.5 Å². The number of carbonyl (C=O) groups is 3. The maximum Gasteiger partial charge on any atom is 0.329 e. The molecule has 28 heavy (non-hydrogen) atoms. The molecule has 1 saturated heterocycles. The first-order valence-corrected chi connectivity index (χ1v) is 10.9. The van der Waals surface area contributed by atoms with Gasteiger partial charge in [0.1, 0.15) is 6.04 Å². The van der Waals surface area contributed by atoms with E-state index in [4.69, 9.17) is 4.74 Å². The van der Waals surface area contributed by atoms with Gasteiger partial charge in [-0.3, -0.25) is 9.59 Å². The monoisotopic (exact) mass is 410 g/mol. The van der Waals surface area contributed by atoms with Crippen molar-refractivity contribution in [1.82, 2.24) is 10.6 Å². The number of rotatable bonds is 7. The molecule has 0 spiro atoms. The third kappa shape index (κ3) is 6.33. The predicted octanol–water partition coefficient (Wildman–Crippen LogP) is 0.596. The van der Waals surface area contributed by atoms with E-state index in [0.29, 0.717) is 12.0 Å². The maximum atomic E-state index is 12.3. The lowest BCUT2D eigenvalue weighted by Gasteiger charge is -2.21. The van der Waals surface area contributed by atoms with E-state index < -0.39 is 46.3 Å². The molecule has 1 aromatic carbocycles. The van der Waals surface area contributed by atoms with Gasteiger partial charge in [0.25, 0.3) is 11.8 Å². The molecule has 1 aliphatic rings. The second kappa shape index (κ2) is 9.18. The lowest BCUT2D eigenvalue weighted by Crippen LogP contribution is -2.46. The summed E-state index contributed by atoms with van der Waals surface area (Å²) in [5.41, 5.74) is 1.43. The minimum absolute atomic E-state index is 0.0399. The van der Waals surface area contributed by atoms with Crippen LogP contribution in [0.3, 0.4) is 0 Å². The molecule has 9 heteroatoms. The number of amides is 2. The first-order chi connectivity index (χ1) is 13.1. The van der Waals surface area contributed by atoms with Crippen molar-refractivity contribution in [2.75, 3.05) is 18.1 Å². The highest BCUT2D eigenvalue weighted by Gasteiger charge is 2.30. The van der Waals surface area contributed by atoms with Crippen LogP contribution in [-0.4, -0.2) is 56.4 Å². The number of sulfone groups is 1. The topological polar surface area (TPSA) is 119 Å². The number of nitrogens with one attached hydrogen (secondary N) is 2. The summed E-state index contributed by atoms with van der Waals surface area (Å²) >= 11 is 0. The maximum absolute atomic E-state index is 12.3. The van der Waals surface area contributed by atoms with Crippen LogP contribution in [0.1, 0.15) is 36.2 Å². The molecule has 2 rings (SSSR count). The zero-order valence-electron chi connectivity index (χ0n) is 16.2. The molecule has 8 nitrogen and oxygen atoms in total. The van der Waals surface area contributed by atoms with Crippen molar-refractivity contribution in [3.8, 4) is 0 Å². The lowest BCUT2D eigenvalue weighted by atomic mass is 10.0. The number of esters is 1. The van der Waals surface area contributed by atoms with Gasteiger partial charge in [0, 0.05) is 11.6 Å². The Morgan fingerprint density at radius 2 is 1.82 bits per heavy atom. The molecular weight excluding hydrogens is 384 g/mol. The van der Waals surface area contributed by atoms with Gasteiger partial charge in [0.15, 0.2) is 16.4 Å². The molecule has 1 aliphatic heterocycles. The summed E-state index contributed by atoms with van der Waals surface area (Å²) in [6.07, 6.45) is 0.350. The molecular formula is C19H26N2O6S. The Labute approximate surface area is 164 Å². The van der Waals surface area contributed by atoms with Gasteiger partial charge in [-0.1, -0.05) is 31.5 Å². The third-order valence-electron chi connectivity index (χ3n) is 4.46. The highest BCUT2D eigenvalue weighted by Crippen LogP contribution is 2.11. The van der Waals surface area contributed by atoms with Crippen LogP contribution in [0.15, 0.2) is 24.3 Å². The van der Waals surface area contributed by atoms with Crippen molar-refractivity contribution >= 4 is 27.6 Å². The van der Waals surface area contributed by atoms with Gasteiger partial charge < -0.3 is 15.4 Å². The number of benzene rings is 1. The van der Waals surface area contributed by atoms with Crippen LogP contribution in [-0.2, 0) is 24.2 Å². The number of ether oxygens (including phenoxy) is 1. The molecule has 1 aromatic rings. The van der Waals surface area contributed by atoms with Gasteiger partial charge >= 0.3 is 5.97 Å². The molecule has 2 amide bonds. The summed E-state index contributed by atoms with van der Waals surface area (Å²) in [5, 5.41) is 5.18. The Balaban J connectivity index is 1.87. The Morgan fingerprint density at radius 1 is 1.18 bits per heavy atom. The number of hydrogen-bond donors (Lipinski definition) is 2. The Kier molecular flexibility index (Phi) is 7.17. The quantitative estimate of drug-likeness (QED) is 0.636. The highest BCUT2D eigenvalue weighted by molar-refractivity contribution is 7.91. The molecule has 0 unspecified atom stereocenters. The van der Waals surface area contributed by atoms with E-state index in [1.165, 1.54) is 0 Å². The zero-order valence-corrected chi connectivity index (χ0v) is 17.0. The fourth-order valence-corrected chi connectivity index (χ4v) is 4.51. The van der Waals surface area contributed by atoms with E-state index in [0.717, 1.165) is 5.56 Å². The predicted molar refractivity (Wildman–Crippen MR) is 103 cm³/mol. The van der Waals surface area contributed by atoms with Gasteiger partial charge in [-0.15, -0.1) is 0 Å². The van der Waals surface area contributed by atoms with Crippen LogP contribution in [0, 0.1) is 12.8 Å². The Bertz CT molecular complexity index is 832. The molecule has 2 N–H and O–H groups in total. The van der Waals surface area contributed by atoms with Crippen LogP contribution in [0.5, 0.6) is 0 Å². The molecule has 0 aromatic heterocycles. The number of hydrogen-bond acceptors (Lipinski definition) is 6. The molecule has 1 fully saturated rings. The molecule has 0 radical (unpaired) electrons. The number of aryl methyl sites for hydroxylation is 1. The van der Waals surface area contributed by atoms with Gasteiger partial charge in [0.05, 0.1) is 11.5 Å². The standard InChI is InChI=1S/C19H26N2O6S/c1-12(2)17(21-18(23)14-6-4-13(3)5-7-14)19(24)27-10-16(22)20-15-8-9-28(25,26)11-15/h4-7,12,15,17H,8-11H2,1-3H3,(H,20,22)(H,21,23)/t15-,17-/m1/s1. The van der Waals surface area contributed by atoms with Crippen LogP contribution < -0.4 is 10.6 Å². The third-order valence-corrected chi connectivity index (χ3v) is 6.23. The fraction of sp³-hybridized carbons (Fsp3) is 0.526. The van der Waals surface area contributed by atoms with Gasteiger partial charge in [-0.25, -0.2) is 13.2 Å². The second-order valence-corrected chi connectivity index (χ2v) is 9.57. The fourth-order valence-electron chi connectivity index (χ4n) is 2.83. The molecule has 1 heterocycles. The second-order valence-electron chi connectivity index (χ2n) is 7.34. The molecule has 0 aliphatic carbocycles. The van der Waals surface area contributed by atoms with E-state index in [1.807, 2.05) is 6.92 Å². The van der Waals surface area contributed by atoms with Crippen molar-refractivity contribution in [3.05, 3.63) is 35.4 Å². The largest absolute Gasteiger partial charge is 0.454 e. The average molecular weight is 410 g/mol. The average Bonchev–Trinajstić information content (AvgIpc) is 2.96. The van der Waals surface area contributed by atoms with Crippen LogP contribution in [0.2, 0.25) is 0 Å². The first-order valence-electron chi connectivity index (χ1n) is 9.11. The minimum atomic E-state index is -3.11. The van der Waals surface area contributed by atoms with Gasteiger partial charge in [-0.05, 0) is 31.4 Å². The van der Waals surface area contributed by atoms with Gasteiger partial charge in [-0.2, -0.15) is 0 Å². The number of carbonyl (C=O) groups excluding carboxylic acids is 3. The lowest BCUT2D eigenvalue weighted by molar-refractivity contribution is -0.151. The van der Waals surface area contributed by atoms with Crippen molar-refractivity contribution in [3.63, 3.8) is 0 Å². The van der Waals surface area contributed by atoms with Crippen molar-refractivity contribution in [2.24, 2.45) is 5.92 Å². The van der Waals surface area contributed by atoms with Crippen LogP contribution in [0.4, 0.5) is 0 Å². The SMILES string of the molecule is Cc1ccc(C(=O)N[C@@H](C(=O)OCC(=O)N[C@@H]2CCS(=O)(=O)C2)C(C)C)cc1. The normalized spacial score (nSPS) is 19.1. The zero-order chi connectivity index (χ0) is 20.9. The summed E-state index contributed by atoms with van der Waals surface area (Å²) in [4.78, 5) is 36.6. The van der Waals surface area contributed by atoms with E-state index in [1.54, 1.807) is 38.1 Å². The Hall–Kier alpha value is -2.42. The molecule has 0 bridgehead atoms. The summed E-state index contributed by atoms with van der Waals surface area (Å²) < 4.78 is 27.9. The first kappa shape index (κ1) is 21.9. The van der Waals surface area contributed by atoms with E-state index in [-0.39, 0.29) is 17.4 Å². The highest BCUT2D eigenvalue weighted by atomic mass is 32.2. The van der Waals surface area contributed by atoms with Crippen LogP contribution >= 0.6 is 0 Å². The van der Waals surface area contributed by atoms with E-state index >= 15 is 0 Å². The smallest absolute Gasteiger partial charge is 0.329 e. The van der Waals surface area contributed by atoms with Gasteiger partial charge in [0.2, 0.25) is 0 Å².